The molecule has 1 amide bonds. The zero-order valence-corrected chi connectivity index (χ0v) is 13.4. The molecule has 20 heavy (non-hydrogen) atoms. The van der Waals surface area contributed by atoms with Crippen LogP contribution in [0.2, 0.25) is 0 Å². The molecule has 0 aliphatic carbocycles. The minimum Gasteiger partial charge on any atom is -0.466 e. The Labute approximate surface area is 125 Å². The van der Waals surface area contributed by atoms with E-state index in [0.717, 1.165) is 24.2 Å². The Morgan fingerprint density at radius 2 is 1.80 bits per heavy atom. The van der Waals surface area contributed by atoms with E-state index in [4.69, 9.17) is 22.4 Å². The molecule has 2 N–H and O–H groups in total. The summed E-state index contributed by atoms with van der Waals surface area (Å²) in [5.41, 5.74) is 7.33. The summed E-state index contributed by atoms with van der Waals surface area (Å²) < 4.78 is 5.55. The van der Waals surface area contributed by atoms with Gasteiger partial charge in [0.05, 0.1) is 10.6 Å². The molecule has 110 valence electrons. The van der Waals surface area contributed by atoms with Crippen molar-refractivity contribution < 1.29 is 9.21 Å². The number of piperidine rings is 1. The molecule has 0 spiro atoms. The van der Waals surface area contributed by atoms with Crippen LogP contribution in [0.25, 0.3) is 0 Å². The first-order valence-corrected chi connectivity index (χ1v) is 7.33. The fourth-order valence-electron chi connectivity index (χ4n) is 2.72. The fourth-order valence-corrected chi connectivity index (χ4v) is 2.92. The highest BCUT2D eigenvalue weighted by molar-refractivity contribution is 7.80. The van der Waals surface area contributed by atoms with Gasteiger partial charge < -0.3 is 15.1 Å². The molecule has 1 fully saturated rings. The summed E-state index contributed by atoms with van der Waals surface area (Å²) in [5.74, 6) is 1.57. The third-order valence-electron chi connectivity index (χ3n) is 4.52. The van der Waals surface area contributed by atoms with Crippen LogP contribution in [-0.2, 0) is 0 Å². The molecule has 5 heteroatoms. The molecular weight excluding hydrogens is 272 g/mol. The van der Waals surface area contributed by atoms with Crippen LogP contribution in [0.3, 0.4) is 0 Å². The van der Waals surface area contributed by atoms with Crippen LogP contribution in [0, 0.1) is 26.2 Å². The number of carbonyl (C=O) groups is 1. The Balaban J connectivity index is 2.15. The van der Waals surface area contributed by atoms with Crippen LogP contribution in [-0.4, -0.2) is 28.9 Å². The van der Waals surface area contributed by atoms with Crippen molar-refractivity contribution in [2.45, 2.75) is 40.5 Å². The average Bonchev–Trinajstić information content (AvgIpc) is 2.63. The van der Waals surface area contributed by atoms with Gasteiger partial charge in [-0.2, -0.15) is 0 Å². The van der Waals surface area contributed by atoms with Gasteiger partial charge in [0.15, 0.2) is 0 Å². The molecule has 0 bridgehead atoms. The lowest BCUT2D eigenvalue weighted by atomic mass is 9.80. The monoisotopic (exact) mass is 294 g/mol. The third-order valence-corrected chi connectivity index (χ3v) is 5.02. The van der Waals surface area contributed by atoms with Crippen molar-refractivity contribution in [3.05, 3.63) is 22.6 Å². The molecule has 1 aromatic heterocycles. The quantitative estimate of drug-likeness (QED) is 0.852. The Hall–Kier alpha value is -1.36. The first-order chi connectivity index (χ1) is 9.26. The van der Waals surface area contributed by atoms with Crippen LogP contribution < -0.4 is 5.73 Å². The van der Waals surface area contributed by atoms with E-state index in [9.17, 15) is 4.79 Å². The van der Waals surface area contributed by atoms with Gasteiger partial charge in [0.2, 0.25) is 0 Å². The van der Waals surface area contributed by atoms with Gasteiger partial charge in [0.1, 0.15) is 11.5 Å². The van der Waals surface area contributed by atoms with Crippen molar-refractivity contribution in [2.75, 3.05) is 13.1 Å². The number of likely N-dealkylation sites (tertiary alicyclic amines) is 1. The number of amides is 1. The molecule has 0 radical (unpaired) electrons. The zero-order valence-electron chi connectivity index (χ0n) is 12.6. The molecule has 0 saturated carbocycles. The summed E-state index contributed by atoms with van der Waals surface area (Å²) in [5, 5.41) is 0. The molecule has 1 aliphatic heterocycles. The van der Waals surface area contributed by atoms with Crippen molar-refractivity contribution in [3.8, 4) is 0 Å². The molecule has 1 aromatic rings. The van der Waals surface area contributed by atoms with Crippen molar-refractivity contribution in [3.63, 3.8) is 0 Å². The largest absolute Gasteiger partial charge is 0.466 e. The number of aryl methyl sites for hydroxylation is 2. The SMILES string of the molecule is Cc1oc(C)c(C(=O)N2CCC(C)(C(N)=S)CC2)c1C. The van der Waals surface area contributed by atoms with Gasteiger partial charge in [0, 0.05) is 24.1 Å². The number of rotatable bonds is 2. The van der Waals surface area contributed by atoms with Crippen LogP contribution in [0.15, 0.2) is 4.42 Å². The summed E-state index contributed by atoms with van der Waals surface area (Å²) in [6, 6.07) is 0. The van der Waals surface area contributed by atoms with E-state index in [0.29, 0.717) is 29.4 Å². The summed E-state index contributed by atoms with van der Waals surface area (Å²) in [4.78, 5) is 15.1. The number of hydrogen-bond donors (Lipinski definition) is 1. The molecule has 2 rings (SSSR count). The van der Waals surface area contributed by atoms with Crippen LogP contribution in [0.4, 0.5) is 0 Å². The van der Waals surface area contributed by atoms with Gasteiger partial charge in [-0.3, -0.25) is 4.79 Å². The number of thiocarbonyl (C=S) groups is 1. The van der Waals surface area contributed by atoms with Gasteiger partial charge in [-0.25, -0.2) is 0 Å². The van der Waals surface area contributed by atoms with E-state index < -0.39 is 0 Å². The van der Waals surface area contributed by atoms with Crippen LogP contribution in [0.1, 0.15) is 47.2 Å². The highest BCUT2D eigenvalue weighted by atomic mass is 32.1. The molecule has 1 aliphatic rings. The molecular formula is C15H22N2O2S. The van der Waals surface area contributed by atoms with Gasteiger partial charge in [-0.05, 0) is 33.6 Å². The molecule has 2 heterocycles. The van der Waals surface area contributed by atoms with Crippen molar-refractivity contribution in [2.24, 2.45) is 11.1 Å². The summed E-state index contributed by atoms with van der Waals surface area (Å²) in [6.45, 7) is 9.12. The van der Waals surface area contributed by atoms with Gasteiger partial charge in [0.25, 0.3) is 5.91 Å². The number of nitrogens with two attached hydrogens (primary N) is 1. The topological polar surface area (TPSA) is 59.5 Å². The van der Waals surface area contributed by atoms with Gasteiger partial charge in [-0.15, -0.1) is 0 Å². The standard InChI is InChI=1S/C15H22N2O2S/c1-9-10(2)19-11(3)12(9)13(18)17-7-5-15(4,6-8-17)14(16)20/h5-8H2,1-4H3,(H2,16,20). The lowest BCUT2D eigenvalue weighted by Gasteiger charge is -2.38. The molecule has 0 atom stereocenters. The predicted octanol–water partition coefficient (Wildman–Crippen LogP) is 2.73. The smallest absolute Gasteiger partial charge is 0.257 e. The number of hydrogen-bond acceptors (Lipinski definition) is 3. The van der Waals surface area contributed by atoms with Crippen molar-refractivity contribution >= 4 is 23.1 Å². The lowest BCUT2D eigenvalue weighted by Crippen LogP contribution is -2.46. The predicted molar refractivity (Wildman–Crippen MR) is 82.9 cm³/mol. The normalized spacial score (nSPS) is 18.1. The minimum absolute atomic E-state index is 0.0573. The van der Waals surface area contributed by atoms with E-state index in [2.05, 4.69) is 6.92 Å². The number of carbonyl (C=O) groups excluding carboxylic acids is 1. The Morgan fingerprint density at radius 3 is 2.20 bits per heavy atom. The maximum absolute atomic E-state index is 12.6. The van der Waals surface area contributed by atoms with E-state index in [1.165, 1.54) is 0 Å². The van der Waals surface area contributed by atoms with Crippen LogP contribution >= 0.6 is 12.2 Å². The Bertz CT molecular complexity index is 554. The minimum atomic E-state index is -0.123. The fraction of sp³-hybridized carbons (Fsp3) is 0.600. The second-order valence-corrected chi connectivity index (χ2v) is 6.37. The third kappa shape index (κ3) is 2.46. The van der Waals surface area contributed by atoms with E-state index in [-0.39, 0.29) is 11.3 Å². The first-order valence-electron chi connectivity index (χ1n) is 6.92. The van der Waals surface area contributed by atoms with Crippen molar-refractivity contribution in [1.29, 1.82) is 0 Å². The van der Waals surface area contributed by atoms with Crippen LogP contribution in [0.5, 0.6) is 0 Å². The number of nitrogens with zero attached hydrogens (tertiary/aromatic N) is 1. The maximum atomic E-state index is 12.6. The van der Waals surface area contributed by atoms with Crippen molar-refractivity contribution in [1.82, 2.24) is 4.90 Å². The second kappa shape index (κ2) is 5.20. The summed E-state index contributed by atoms with van der Waals surface area (Å²) >= 11 is 5.13. The maximum Gasteiger partial charge on any atom is 0.257 e. The second-order valence-electron chi connectivity index (χ2n) is 5.93. The van der Waals surface area contributed by atoms with Gasteiger partial charge >= 0.3 is 0 Å². The average molecular weight is 294 g/mol. The molecule has 4 nitrogen and oxygen atoms in total. The van der Waals surface area contributed by atoms with E-state index in [1.54, 1.807) is 0 Å². The molecule has 0 aromatic carbocycles. The first kappa shape index (κ1) is 15.0. The zero-order chi connectivity index (χ0) is 15.1. The molecule has 0 unspecified atom stereocenters. The van der Waals surface area contributed by atoms with Gasteiger partial charge in [-0.1, -0.05) is 19.1 Å². The highest BCUT2D eigenvalue weighted by Gasteiger charge is 2.35. The summed E-state index contributed by atoms with van der Waals surface area (Å²) in [6.07, 6.45) is 1.64. The van der Waals surface area contributed by atoms with E-state index in [1.807, 2.05) is 25.7 Å². The number of furan rings is 1. The Morgan fingerprint density at radius 1 is 1.25 bits per heavy atom. The highest BCUT2D eigenvalue weighted by Crippen LogP contribution is 2.32. The lowest BCUT2D eigenvalue weighted by molar-refractivity contribution is 0.0668. The van der Waals surface area contributed by atoms with E-state index >= 15 is 0 Å². The Kier molecular flexibility index (Phi) is 3.91. The summed E-state index contributed by atoms with van der Waals surface area (Å²) in [7, 11) is 0. The molecule has 1 saturated heterocycles.